The lowest BCUT2D eigenvalue weighted by molar-refractivity contribution is -0.121. The zero-order chi connectivity index (χ0) is 15.3. The van der Waals surface area contributed by atoms with Crippen LogP contribution in [0.1, 0.15) is 35.6 Å². The van der Waals surface area contributed by atoms with Crippen LogP contribution in [0.3, 0.4) is 0 Å². The standard InChI is InChI=1S/C15H25N3O2/c1-6-16-15(20)10-18(7-2)9-14(19)13-8-11(3)17(5)12(13)4/h8H,6-7,9-10H2,1-5H3,(H,16,20). The van der Waals surface area contributed by atoms with Gasteiger partial charge in [-0.3, -0.25) is 14.5 Å². The molecule has 1 amide bonds. The number of carbonyl (C=O) groups is 2. The van der Waals surface area contributed by atoms with Crippen LogP contribution < -0.4 is 5.32 Å². The monoisotopic (exact) mass is 279 g/mol. The number of nitrogens with zero attached hydrogens (tertiary/aromatic N) is 2. The molecule has 0 bridgehead atoms. The number of aryl methyl sites for hydroxylation is 1. The molecule has 0 fully saturated rings. The van der Waals surface area contributed by atoms with Gasteiger partial charge in [0.25, 0.3) is 0 Å². The molecule has 1 aromatic heterocycles. The molecule has 0 aliphatic carbocycles. The molecule has 0 atom stereocenters. The molecule has 0 saturated heterocycles. The van der Waals surface area contributed by atoms with Gasteiger partial charge in [0.1, 0.15) is 0 Å². The molecule has 0 aliphatic heterocycles. The Morgan fingerprint density at radius 3 is 2.35 bits per heavy atom. The summed E-state index contributed by atoms with van der Waals surface area (Å²) >= 11 is 0. The second-order valence-electron chi connectivity index (χ2n) is 5.02. The lowest BCUT2D eigenvalue weighted by atomic mass is 10.1. The second kappa shape index (κ2) is 7.24. The van der Waals surface area contributed by atoms with Crippen molar-refractivity contribution in [2.45, 2.75) is 27.7 Å². The Balaban J connectivity index is 2.72. The summed E-state index contributed by atoms with van der Waals surface area (Å²) in [5.41, 5.74) is 2.79. The predicted molar refractivity (Wildman–Crippen MR) is 80.0 cm³/mol. The largest absolute Gasteiger partial charge is 0.355 e. The number of aromatic nitrogens is 1. The van der Waals surface area contributed by atoms with Crippen molar-refractivity contribution >= 4 is 11.7 Å². The van der Waals surface area contributed by atoms with Crippen LogP contribution in [0.25, 0.3) is 0 Å². The first-order chi connectivity index (χ1) is 9.40. The van der Waals surface area contributed by atoms with E-state index in [0.29, 0.717) is 13.1 Å². The van der Waals surface area contributed by atoms with Crippen molar-refractivity contribution in [2.24, 2.45) is 7.05 Å². The summed E-state index contributed by atoms with van der Waals surface area (Å²) < 4.78 is 2.01. The third-order valence-electron chi connectivity index (χ3n) is 3.63. The van der Waals surface area contributed by atoms with Gasteiger partial charge in [0, 0.05) is 30.5 Å². The molecule has 0 aliphatic rings. The van der Waals surface area contributed by atoms with E-state index < -0.39 is 0 Å². The third-order valence-corrected chi connectivity index (χ3v) is 3.63. The topological polar surface area (TPSA) is 54.3 Å². The first-order valence-corrected chi connectivity index (χ1v) is 7.05. The SMILES string of the molecule is CCNC(=O)CN(CC)CC(=O)c1cc(C)n(C)c1C. The van der Waals surface area contributed by atoms with Gasteiger partial charge >= 0.3 is 0 Å². The van der Waals surface area contributed by atoms with E-state index >= 15 is 0 Å². The summed E-state index contributed by atoms with van der Waals surface area (Å²) in [4.78, 5) is 25.8. The van der Waals surface area contributed by atoms with Crippen LogP contribution in [0, 0.1) is 13.8 Å². The van der Waals surface area contributed by atoms with Crippen molar-refractivity contribution in [1.29, 1.82) is 0 Å². The summed E-state index contributed by atoms with van der Waals surface area (Å²) in [7, 11) is 1.95. The Bertz CT molecular complexity index is 492. The van der Waals surface area contributed by atoms with Gasteiger partial charge in [0.2, 0.25) is 5.91 Å². The zero-order valence-corrected chi connectivity index (χ0v) is 13.1. The first-order valence-electron chi connectivity index (χ1n) is 7.05. The average Bonchev–Trinajstić information content (AvgIpc) is 2.66. The molecule has 5 nitrogen and oxygen atoms in total. The molecule has 0 unspecified atom stereocenters. The lowest BCUT2D eigenvalue weighted by Crippen LogP contribution is -2.39. The maximum atomic E-state index is 12.4. The fraction of sp³-hybridized carbons (Fsp3) is 0.600. The van der Waals surface area contributed by atoms with Gasteiger partial charge in [-0.15, -0.1) is 0 Å². The second-order valence-corrected chi connectivity index (χ2v) is 5.02. The molecule has 1 N–H and O–H groups in total. The van der Waals surface area contributed by atoms with Crippen LogP contribution in [-0.4, -0.2) is 47.3 Å². The minimum atomic E-state index is -0.0388. The highest BCUT2D eigenvalue weighted by Gasteiger charge is 2.18. The molecule has 0 aromatic carbocycles. The van der Waals surface area contributed by atoms with Gasteiger partial charge in [0.15, 0.2) is 5.78 Å². The number of nitrogens with one attached hydrogen (secondary N) is 1. The fourth-order valence-corrected chi connectivity index (χ4v) is 2.16. The maximum absolute atomic E-state index is 12.4. The average molecular weight is 279 g/mol. The van der Waals surface area contributed by atoms with Crippen LogP contribution in [0.4, 0.5) is 0 Å². The highest BCUT2D eigenvalue weighted by atomic mass is 16.2. The Kier molecular flexibility index (Phi) is 5.95. The van der Waals surface area contributed by atoms with Gasteiger partial charge in [-0.05, 0) is 33.4 Å². The smallest absolute Gasteiger partial charge is 0.234 e. The van der Waals surface area contributed by atoms with E-state index in [0.717, 1.165) is 17.0 Å². The van der Waals surface area contributed by atoms with Gasteiger partial charge in [0.05, 0.1) is 13.1 Å². The van der Waals surface area contributed by atoms with E-state index in [4.69, 9.17) is 0 Å². The lowest BCUT2D eigenvalue weighted by Gasteiger charge is -2.18. The van der Waals surface area contributed by atoms with Gasteiger partial charge in [-0.25, -0.2) is 0 Å². The van der Waals surface area contributed by atoms with E-state index in [9.17, 15) is 9.59 Å². The zero-order valence-electron chi connectivity index (χ0n) is 13.1. The van der Waals surface area contributed by atoms with Crippen molar-refractivity contribution in [2.75, 3.05) is 26.2 Å². The molecule has 1 aromatic rings. The van der Waals surface area contributed by atoms with Crippen LogP contribution in [0.5, 0.6) is 0 Å². The van der Waals surface area contributed by atoms with Crippen molar-refractivity contribution in [1.82, 2.24) is 14.8 Å². The summed E-state index contributed by atoms with van der Waals surface area (Å²) in [5, 5.41) is 2.75. The number of amides is 1. The van der Waals surface area contributed by atoms with Crippen molar-refractivity contribution < 1.29 is 9.59 Å². The number of carbonyl (C=O) groups excluding carboxylic acids is 2. The van der Waals surface area contributed by atoms with Gasteiger partial charge < -0.3 is 9.88 Å². The number of likely N-dealkylation sites (N-methyl/N-ethyl adjacent to an activating group) is 2. The molecule has 0 saturated carbocycles. The molecule has 1 rings (SSSR count). The van der Waals surface area contributed by atoms with Crippen LogP contribution >= 0.6 is 0 Å². The Hall–Kier alpha value is -1.62. The van der Waals surface area contributed by atoms with Crippen LogP contribution in [-0.2, 0) is 11.8 Å². The number of rotatable bonds is 7. The minimum Gasteiger partial charge on any atom is -0.355 e. The molecule has 5 heteroatoms. The minimum absolute atomic E-state index is 0.0388. The molecule has 20 heavy (non-hydrogen) atoms. The normalized spacial score (nSPS) is 10.9. The van der Waals surface area contributed by atoms with E-state index in [1.807, 2.05) is 50.3 Å². The van der Waals surface area contributed by atoms with E-state index in [1.54, 1.807) is 0 Å². The Labute approximate surface area is 120 Å². The number of hydrogen-bond donors (Lipinski definition) is 1. The summed E-state index contributed by atoms with van der Waals surface area (Å²) in [6.45, 7) is 9.59. The maximum Gasteiger partial charge on any atom is 0.234 e. The molecular formula is C15H25N3O2. The van der Waals surface area contributed by atoms with E-state index in [1.165, 1.54) is 0 Å². The van der Waals surface area contributed by atoms with Crippen LogP contribution in [0.2, 0.25) is 0 Å². The predicted octanol–water partition coefficient (Wildman–Crippen LogP) is 1.28. The van der Waals surface area contributed by atoms with E-state index in [2.05, 4.69) is 5.32 Å². The molecule has 1 heterocycles. The van der Waals surface area contributed by atoms with Crippen molar-refractivity contribution in [3.05, 3.63) is 23.0 Å². The molecular weight excluding hydrogens is 254 g/mol. The van der Waals surface area contributed by atoms with Gasteiger partial charge in [-0.2, -0.15) is 0 Å². The molecule has 0 spiro atoms. The summed E-state index contributed by atoms with van der Waals surface area (Å²) in [6, 6.07) is 1.91. The first kappa shape index (κ1) is 16.4. The Morgan fingerprint density at radius 1 is 1.25 bits per heavy atom. The van der Waals surface area contributed by atoms with Gasteiger partial charge in [-0.1, -0.05) is 6.92 Å². The third kappa shape index (κ3) is 3.93. The molecule has 0 radical (unpaired) electrons. The van der Waals surface area contributed by atoms with Crippen molar-refractivity contribution in [3.8, 4) is 0 Å². The summed E-state index contributed by atoms with van der Waals surface area (Å²) in [5.74, 6) is 0.0282. The quantitative estimate of drug-likeness (QED) is 0.765. The number of hydrogen-bond acceptors (Lipinski definition) is 3. The number of Topliss-reactive ketones (excluding diaryl/α,β-unsaturated/α-hetero) is 1. The number of ketones is 1. The highest BCUT2D eigenvalue weighted by molar-refractivity contribution is 5.99. The Morgan fingerprint density at radius 2 is 1.90 bits per heavy atom. The van der Waals surface area contributed by atoms with Crippen molar-refractivity contribution in [3.63, 3.8) is 0 Å². The van der Waals surface area contributed by atoms with E-state index in [-0.39, 0.29) is 24.8 Å². The fourth-order valence-electron chi connectivity index (χ4n) is 2.16. The van der Waals surface area contributed by atoms with Crippen LogP contribution in [0.15, 0.2) is 6.07 Å². The summed E-state index contributed by atoms with van der Waals surface area (Å²) in [6.07, 6.45) is 0. The molecule has 112 valence electrons. The highest BCUT2D eigenvalue weighted by Crippen LogP contribution is 2.14.